The molecular formula is C13H17FN2. The lowest BCUT2D eigenvalue weighted by molar-refractivity contribution is 0.312. The number of hydrogen-bond acceptors (Lipinski definition) is 2. The minimum Gasteiger partial charge on any atom is -0.399 e. The molecule has 0 spiro atoms. The highest BCUT2D eigenvalue weighted by molar-refractivity contribution is 5.53. The van der Waals surface area contributed by atoms with E-state index in [1.165, 1.54) is 16.7 Å². The molecule has 0 amide bonds. The van der Waals surface area contributed by atoms with Gasteiger partial charge in [-0.1, -0.05) is 0 Å². The maximum Gasteiger partial charge on any atom is 0.108 e. The molecule has 2 unspecified atom stereocenters. The minimum absolute atomic E-state index is 0.126. The van der Waals surface area contributed by atoms with Gasteiger partial charge in [0.1, 0.15) is 6.17 Å². The van der Waals surface area contributed by atoms with Crippen LogP contribution in [0.5, 0.6) is 0 Å². The number of rotatable bonds is 1. The summed E-state index contributed by atoms with van der Waals surface area (Å²) in [5.74, 6) is 0.126. The molecule has 16 heavy (non-hydrogen) atoms. The lowest BCUT2D eigenvalue weighted by atomic mass is 9.91. The smallest absolute Gasteiger partial charge is 0.108 e. The van der Waals surface area contributed by atoms with Gasteiger partial charge in [0.15, 0.2) is 0 Å². The number of anilines is 1. The van der Waals surface area contributed by atoms with E-state index in [1.54, 1.807) is 0 Å². The summed E-state index contributed by atoms with van der Waals surface area (Å²) in [6, 6.07) is 4.03. The first-order valence-electron chi connectivity index (χ1n) is 5.89. The number of benzene rings is 1. The molecule has 1 aliphatic carbocycles. The van der Waals surface area contributed by atoms with E-state index in [9.17, 15) is 4.39 Å². The van der Waals surface area contributed by atoms with Gasteiger partial charge in [0.25, 0.3) is 0 Å². The van der Waals surface area contributed by atoms with E-state index in [2.05, 4.69) is 11.9 Å². The maximum absolute atomic E-state index is 13.2. The molecule has 0 aromatic heterocycles. The van der Waals surface area contributed by atoms with E-state index in [0.29, 0.717) is 6.42 Å². The van der Waals surface area contributed by atoms with Gasteiger partial charge in [-0.25, -0.2) is 4.39 Å². The van der Waals surface area contributed by atoms with Crippen molar-refractivity contribution in [2.75, 3.05) is 19.3 Å². The number of hydrogen-bond donors (Lipinski definition) is 1. The van der Waals surface area contributed by atoms with Crippen LogP contribution in [0.3, 0.4) is 0 Å². The molecule has 2 nitrogen and oxygen atoms in total. The van der Waals surface area contributed by atoms with Crippen LogP contribution >= 0.6 is 0 Å². The van der Waals surface area contributed by atoms with Gasteiger partial charge in [0.05, 0.1) is 0 Å². The van der Waals surface area contributed by atoms with Crippen LogP contribution in [0.4, 0.5) is 10.1 Å². The zero-order chi connectivity index (χ0) is 11.3. The molecule has 3 heteroatoms. The van der Waals surface area contributed by atoms with E-state index in [1.807, 2.05) is 12.1 Å². The largest absolute Gasteiger partial charge is 0.399 e. The summed E-state index contributed by atoms with van der Waals surface area (Å²) < 4.78 is 13.2. The van der Waals surface area contributed by atoms with Crippen molar-refractivity contribution in [3.05, 3.63) is 28.8 Å². The van der Waals surface area contributed by atoms with E-state index >= 15 is 0 Å². The van der Waals surface area contributed by atoms with Crippen LogP contribution < -0.4 is 5.73 Å². The van der Waals surface area contributed by atoms with Crippen molar-refractivity contribution in [1.82, 2.24) is 4.90 Å². The third-order valence-corrected chi connectivity index (χ3v) is 3.69. The fourth-order valence-corrected chi connectivity index (χ4v) is 2.72. The first kappa shape index (κ1) is 10.1. The van der Waals surface area contributed by atoms with Crippen LogP contribution in [0.15, 0.2) is 12.1 Å². The molecule has 2 aliphatic rings. The van der Waals surface area contributed by atoms with Crippen molar-refractivity contribution in [3.63, 3.8) is 0 Å². The second kappa shape index (κ2) is 3.45. The molecule has 0 saturated heterocycles. The quantitative estimate of drug-likeness (QED) is 0.734. The van der Waals surface area contributed by atoms with Gasteiger partial charge in [-0.3, -0.25) is 0 Å². The highest BCUT2D eigenvalue weighted by Crippen LogP contribution is 2.46. The number of halogens is 1. The first-order valence-corrected chi connectivity index (χ1v) is 5.89. The summed E-state index contributed by atoms with van der Waals surface area (Å²) in [7, 11) is 2.11. The van der Waals surface area contributed by atoms with Gasteiger partial charge in [0, 0.05) is 24.7 Å². The van der Waals surface area contributed by atoms with Crippen LogP contribution in [0.25, 0.3) is 0 Å². The monoisotopic (exact) mass is 220 g/mol. The number of nitrogens with two attached hydrogens (primary N) is 1. The predicted molar refractivity (Wildman–Crippen MR) is 63.1 cm³/mol. The van der Waals surface area contributed by atoms with E-state index in [4.69, 9.17) is 5.73 Å². The van der Waals surface area contributed by atoms with Crippen LogP contribution in [-0.2, 0) is 13.0 Å². The van der Waals surface area contributed by atoms with Gasteiger partial charge in [0.2, 0.25) is 0 Å². The molecule has 2 N–H and O–H groups in total. The third-order valence-electron chi connectivity index (χ3n) is 3.69. The van der Waals surface area contributed by atoms with Crippen molar-refractivity contribution in [2.45, 2.75) is 31.5 Å². The molecular weight excluding hydrogens is 203 g/mol. The highest BCUT2D eigenvalue weighted by atomic mass is 19.1. The molecule has 1 aromatic carbocycles. The summed E-state index contributed by atoms with van der Waals surface area (Å²) >= 11 is 0. The number of nitrogen functional groups attached to an aromatic ring is 1. The lowest BCUT2D eigenvalue weighted by Gasteiger charge is -2.27. The summed E-state index contributed by atoms with van der Waals surface area (Å²) in [4.78, 5) is 2.28. The topological polar surface area (TPSA) is 29.3 Å². The molecule has 1 saturated carbocycles. The zero-order valence-corrected chi connectivity index (χ0v) is 9.54. The first-order chi connectivity index (χ1) is 7.65. The van der Waals surface area contributed by atoms with Crippen molar-refractivity contribution in [3.8, 4) is 0 Å². The van der Waals surface area contributed by atoms with Crippen LogP contribution in [0.2, 0.25) is 0 Å². The van der Waals surface area contributed by atoms with E-state index in [-0.39, 0.29) is 5.92 Å². The Morgan fingerprint density at radius 3 is 2.88 bits per heavy atom. The fraction of sp³-hybridized carbons (Fsp3) is 0.538. The zero-order valence-electron chi connectivity index (χ0n) is 9.54. The molecule has 1 fully saturated rings. The van der Waals surface area contributed by atoms with E-state index < -0.39 is 6.17 Å². The highest BCUT2D eigenvalue weighted by Gasteiger charge is 2.40. The summed E-state index contributed by atoms with van der Waals surface area (Å²) in [6.07, 6.45) is 1.08. The minimum atomic E-state index is -0.634. The Morgan fingerprint density at radius 1 is 1.44 bits per heavy atom. The molecule has 0 radical (unpaired) electrons. The molecule has 1 aromatic rings. The number of nitrogens with zero attached hydrogens (tertiary/aromatic N) is 1. The van der Waals surface area contributed by atoms with Gasteiger partial charge >= 0.3 is 0 Å². The second-order valence-corrected chi connectivity index (χ2v) is 5.09. The summed E-state index contributed by atoms with van der Waals surface area (Å²) in [5.41, 5.74) is 10.5. The van der Waals surface area contributed by atoms with Crippen molar-refractivity contribution in [2.24, 2.45) is 0 Å². The van der Waals surface area contributed by atoms with Crippen molar-refractivity contribution >= 4 is 5.69 Å². The Balaban J connectivity index is 2.04. The molecule has 1 aliphatic heterocycles. The van der Waals surface area contributed by atoms with Gasteiger partial charge in [-0.05, 0) is 48.7 Å². The predicted octanol–water partition coefficient (Wildman–Crippen LogP) is 2.08. The maximum atomic E-state index is 13.2. The Labute approximate surface area is 95.2 Å². The number of alkyl halides is 1. The number of fused-ring (bicyclic) bond motifs is 1. The second-order valence-electron chi connectivity index (χ2n) is 5.09. The van der Waals surface area contributed by atoms with Crippen molar-refractivity contribution < 1.29 is 4.39 Å². The standard InChI is InChI=1S/C13H17FN2/c1-16-3-2-10-8(7-16)4-9(15)5-11(10)12-6-13(12)14/h4-5,12-13H,2-3,6-7,15H2,1H3. The van der Waals surface area contributed by atoms with Crippen LogP contribution in [-0.4, -0.2) is 24.7 Å². The molecule has 86 valence electrons. The summed E-state index contributed by atoms with van der Waals surface area (Å²) in [5, 5.41) is 0. The Bertz CT molecular complexity index is 430. The van der Waals surface area contributed by atoms with Crippen LogP contribution in [0.1, 0.15) is 29.0 Å². The molecule has 3 rings (SSSR count). The average Bonchev–Trinajstić information content (AvgIpc) is 2.93. The van der Waals surface area contributed by atoms with Crippen LogP contribution in [0, 0.1) is 0 Å². The Morgan fingerprint density at radius 2 is 2.19 bits per heavy atom. The van der Waals surface area contributed by atoms with Crippen molar-refractivity contribution in [1.29, 1.82) is 0 Å². The van der Waals surface area contributed by atoms with Gasteiger partial charge < -0.3 is 10.6 Å². The Kier molecular flexibility index (Phi) is 2.18. The molecule has 2 atom stereocenters. The number of likely N-dealkylation sites (N-methyl/N-ethyl adjacent to an activating group) is 1. The van der Waals surface area contributed by atoms with Gasteiger partial charge in [-0.2, -0.15) is 0 Å². The fourth-order valence-electron chi connectivity index (χ4n) is 2.72. The third kappa shape index (κ3) is 1.59. The molecule has 1 heterocycles. The lowest BCUT2D eigenvalue weighted by Crippen LogP contribution is -2.27. The normalized spacial score (nSPS) is 28.9. The SMILES string of the molecule is CN1CCc2c(cc(N)cc2C2CC2F)C1. The van der Waals surface area contributed by atoms with Gasteiger partial charge in [-0.15, -0.1) is 0 Å². The summed E-state index contributed by atoms with van der Waals surface area (Å²) in [6.45, 7) is 2.00. The Hall–Kier alpha value is -1.09. The van der Waals surface area contributed by atoms with E-state index in [0.717, 1.165) is 25.2 Å². The molecule has 0 bridgehead atoms. The average molecular weight is 220 g/mol.